The number of hydrogen-bond donors (Lipinski definition) is 0. The Morgan fingerprint density at radius 3 is 2.50 bits per heavy atom. The Hall–Kier alpha value is -3.06. The molecule has 3 saturated carbocycles. The Balaban J connectivity index is 1.06. The summed E-state index contributed by atoms with van der Waals surface area (Å²) in [5.74, 6) is 6.08. The van der Waals surface area contributed by atoms with Gasteiger partial charge in [-0.25, -0.2) is 0 Å². The van der Waals surface area contributed by atoms with E-state index in [1.165, 1.54) is 90.5 Å². The van der Waals surface area contributed by atoms with Crippen LogP contribution in [0.2, 0.25) is 0 Å². The maximum absolute atomic E-state index is 7.30. The number of rotatable bonds is 2. The molecule has 6 aliphatic rings. The Kier molecular flexibility index (Phi) is 5.74. The zero-order valence-corrected chi connectivity index (χ0v) is 25.3. The average molecular weight is 553 g/mol. The van der Waals surface area contributed by atoms with Crippen LogP contribution < -0.4 is 0 Å². The van der Waals surface area contributed by atoms with Crippen molar-refractivity contribution in [1.29, 1.82) is 0 Å². The van der Waals surface area contributed by atoms with Crippen molar-refractivity contribution in [3.63, 3.8) is 0 Å². The van der Waals surface area contributed by atoms with E-state index in [9.17, 15) is 0 Å². The van der Waals surface area contributed by atoms with Gasteiger partial charge in [0, 0.05) is 16.9 Å². The van der Waals surface area contributed by atoms with Crippen molar-refractivity contribution in [2.75, 3.05) is 0 Å². The number of hydrogen-bond acceptors (Lipinski definition) is 1. The molecule has 3 aromatic rings. The van der Waals surface area contributed by atoms with Gasteiger partial charge in [-0.05, 0) is 126 Å². The number of benzene rings is 3. The predicted octanol–water partition coefficient (Wildman–Crippen LogP) is 10.5. The van der Waals surface area contributed by atoms with Crippen LogP contribution in [0.4, 0.5) is 0 Å². The third kappa shape index (κ3) is 3.68. The topological polar surface area (TPSA) is 9.23 Å². The summed E-state index contributed by atoms with van der Waals surface area (Å²) in [5.41, 5.74) is 11.8. The molecule has 7 atom stereocenters. The molecule has 0 spiro atoms. The van der Waals surface area contributed by atoms with Crippen LogP contribution >= 0.6 is 0 Å². The summed E-state index contributed by atoms with van der Waals surface area (Å²) in [6, 6.07) is 27.8. The second-order valence-corrected chi connectivity index (χ2v) is 15.0. The van der Waals surface area contributed by atoms with Crippen molar-refractivity contribution in [3.8, 4) is 11.1 Å². The van der Waals surface area contributed by atoms with Gasteiger partial charge in [-0.2, -0.15) is 0 Å². The molecule has 0 amide bonds. The Bertz CT molecular complexity index is 1600. The highest BCUT2D eigenvalue weighted by Crippen LogP contribution is 2.61. The SMILES string of the molecule is CC1(C)c2ccccc2-c2cc(C3=CCCC4=C3OC3CC5CCC(c6ccccc6)CC5C5CCCC4C35)ccc21. The quantitative estimate of drug-likeness (QED) is 0.307. The summed E-state index contributed by atoms with van der Waals surface area (Å²) in [6.45, 7) is 4.76. The first-order chi connectivity index (χ1) is 20.6. The molecule has 5 aliphatic carbocycles. The van der Waals surface area contributed by atoms with Gasteiger partial charge < -0.3 is 4.74 Å². The average Bonchev–Trinajstić information content (AvgIpc) is 3.27. The molecule has 214 valence electrons. The highest BCUT2D eigenvalue weighted by Gasteiger charge is 2.54. The monoisotopic (exact) mass is 552 g/mol. The van der Waals surface area contributed by atoms with Crippen LogP contribution in [0.15, 0.2) is 90.2 Å². The van der Waals surface area contributed by atoms with Crippen molar-refractivity contribution in [1.82, 2.24) is 0 Å². The fourth-order valence-corrected chi connectivity index (χ4v) is 10.9. The molecule has 0 saturated heterocycles. The standard InChI is InChI=1S/C41H44O/c1-41(2)36-17-7-6-12-30(36)35-23-27(20-21-37(35)41)29-13-8-16-33-31-14-9-15-32-34-22-26(25-10-4-3-5-11-25)18-19-28(34)24-38(39(31)32)42-40(29)33/h3-7,10-13,17,20-21,23,26,28,31-32,34,38-39H,8-9,14-16,18-19,22,24H2,1-2H3. The highest BCUT2D eigenvalue weighted by molar-refractivity contribution is 5.87. The van der Waals surface area contributed by atoms with Gasteiger partial charge in [0.15, 0.2) is 0 Å². The lowest BCUT2D eigenvalue weighted by Gasteiger charge is -2.57. The minimum absolute atomic E-state index is 0.0552. The summed E-state index contributed by atoms with van der Waals surface area (Å²) in [4.78, 5) is 0. The van der Waals surface area contributed by atoms with Gasteiger partial charge in [0.25, 0.3) is 0 Å². The lowest BCUT2D eigenvalue weighted by molar-refractivity contribution is -0.108. The Morgan fingerprint density at radius 2 is 1.60 bits per heavy atom. The number of fused-ring (bicyclic) bond motifs is 6. The highest BCUT2D eigenvalue weighted by atomic mass is 16.5. The van der Waals surface area contributed by atoms with Gasteiger partial charge in [0.1, 0.15) is 11.9 Å². The van der Waals surface area contributed by atoms with Gasteiger partial charge in [-0.3, -0.25) is 0 Å². The van der Waals surface area contributed by atoms with Crippen LogP contribution in [-0.2, 0) is 10.2 Å². The third-order valence-electron chi connectivity index (χ3n) is 12.8. The maximum Gasteiger partial charge on any atom is 0.126 e. The zero-order chi connectivity index (χ0) is 28.0. The van der Waals surface area contributed by atoms with E-state index < -0.39 is 0 Å². The fourth-order valence-electron chi connectivity index (χ4n) is 10.9. The molecule has 9 rings (SSSR count). The van der Waals surface area contributed by atoms with Gasteiger partial charge in [-0.1, -0.05) is 93.1 Å². The van der Waals surface area contributed by atoms with E-state index in [0.717, 1.165) is 41.9 Å². The second-order valence-electron chi connectivity index (χ2n) is 15.0. The van der Waals surface area contributed by atoms with Crippen LogP contribution in [0.5, 0.6) is 0 Å². The molecule has 3 fully saturated rings. The zero-order valence-electron chi connectivity index (χ0n) is 25.3. The maximum atomic E-state index is 7.30. The van der Waals surface area contributed by atoms with E-state index in [0.29, 0.717) is 6.10 Å². The van der Waals surface area contributed by atoms with Crippen molar-refractivity contribution < 1.29 is 4.74 Å². The van der Waals surface area contributed by atoms with Crippen molar-refractivity contribution >= 4 is 5.57 Å². The van der Waals surface area contributed by atoms with Crippen molar-refractivity contribution in [3.05, 3.63) is 112 Å². The van der Waals surface area contributed by atoms with Crippen LogP contribution in [0.1, 0.15) is 99.8 Å². The first-order valence-corrected chi connectivity index (χ1v) is 17.0. The molecule has 0 aromatic heterocycles. The molecule has 0 N–H and O–H groups in total. The normalized spacial score (nSPS) is 33.8. The lowest BCUT2D eigenvalue weighted by atomic mass is 9.51. The van der Waals surface area contributed by atoms with Gasteiger partial charge in [0.2, 0.25) is 0 Å². The van der Waals surface area contributed by atoms with E-state index >= 15 is 0 Å². The predicted molar refractivity (Wildman–Crippen MR) is 172 cm³/mol. The molecule has 0 bridgehead atoms. The van der Waals surface area contributed by atoms with E-state index in [1.807, 2.05) is 0 Å². The Morgan fingerprint density at radius 1 is 0.762 bits per heavy atom. The molecule has 7 unspecified atom stereocenters. The molecular formula is C41H44O. The molecular weight excluding hydrogens is 508 g/mol. The van der Waals surface area contributed by atoms with Gasteiger partial charge in [0.05, 0.1) is 0 Å². The first kappa shape index (κ1) is 25.4. The largest absolute Gasteiger partial charge is 0.490 e. The van der Waals surface area contributed by atoms with Gasteiger partial charge >= 0.3 is 0 Å². The molecule has 1 aliphatic heterocycles. The molecule has 0 radical (unpaired) electrons. The molecule has 3 aromatic carbocycles. The lowest BCUT2D eigenvalue weighted by Crippen LogP contribution is -2.53. The first-order valence-electron chi connectivity index (χ1n) is 17.0. The van der Waals surface area contributed by atoms with E-state index in [4.69, 9.17) is 4.74 Å². The van der Waals surface area contributed by atoms with Crippen LogP contribution in [0, 0.1) is 29.6 Å². The number of allylic oxidation sites excluding steroid dienone is 3. The van der Waals surface area contributed by atoms with Crippen LogP contribution in [0.3, 0.4) is 0 Å². The van der Waals surface area contributed by atoms with E-state index in [1.54, 1.807) is 11.1 Å². The summed E-state index contributed by atoms with van der Waals surface area (Å²) in [6.07, 6.45) is 14.9. The van der Waals surface area contributed by atoms with Crippen LogP contribution in [0.25, 0.3) is 16.7 Å². The molecule has 1 nitrogen and oxygen atoms in total. The van der Waals surface area contributed by atoms with E-state index in [2.05, 4.69) is 92.7 Å². The molecule has 1 heterocycles. The Labute approximate surface area is 252 Å². The van der Waals surface area contributed by atoms with Gasteiger partial charge in [-0.15, -0.1) is 0 Å². The number of ether oxygens (including phenoxy) is 1. The summed E-state index contributed by atoms with van der Waals surface area (Å²) < 4.78 is 7.30. The minimum Gasteiger partial charge on any atom is -0.490 e. The summed E-state index contributed by atoms with van der Waals surface area (Å²) in [5, 5.41) is 0. The van der Waals surface area contributed by atoms with Crippen LogP contribution in [-0.4, -0.2) is 6.10 Å². The molecule has 42 heavy (non-hydrogen) atoms. The molecule has 1 heteroatoms. The second kappa shape index (κ2) is 9.47. The van der Waals surface area contributed by atoms with Crippen molar-refractivity contribution in [2.45, 2.75) is 89.1 Å². The summed E-state index contributed by atoms with van der Waals surface area (Å²) in [7, 11) is 0. The third-order valence-corrected chi connectivity index (χ3v) is 12.8. The summed E-state index contributed by atoms with van der Waals surface area (Å²) >= 11 is 0. The fraction of sp³-hybridized carbons (Fsp3) is 0.463. The smallest absolute Gasteiger partial charge is 0.126 e. The van der Waals surface area contributed by atoms with E-state index in [-0.39, 0.29) is 5.41 Å². The van der Waals surface area contributed by atoms with Crippen molar-refractivity contribution in [2.24, 2.45) is 29.6 Å². The minimum atomic E-state index is 0.0552.